The third-order valence-electron chi connectivity index (χ3n) is 4.26. The minimum atomic E-state index is -4.96. The number of aromatic nitrogens is 1. The zero-order valence-corrected chi connectivity index (χ0v) is 14.3. The molecule has 136 valence electrons. The van der Waals surface area contributed by atoms with Gasteiger partial charge in [0, 0.05) is 0 Å². The molecule has 3 aromatic heterocycles. The number of carbonyl (C=O) groups excluding carboxylic acids is 1. The summed E-state index contributed by atoms with van der Waals surface area (Å²) in [4.78, 5) is 24.9. The van der Waals surface area contributed by atoms with Crippen LogP contribution in [0.2, 0.25) is 0 Å². The first-order valence-electron chi connectivity index (χ1n) is 7.75. The van der Waals surface area contributed by atoms with Gasteiger partial charge in [-0.15, -0.1) is 11.3 Å². The van der Waals surface area contributed by atoms with Crippen LogP contribution in [-0.2, 0) is 6.18 Å². The molecule has 0 aliphatic carbocycles. The zero-order chi connectivity index (χ0) is 19.3. The maximum absolute atomic E-state index is 13.9. The highest BCUT2D eigenvalue weighted by atomic mass is 32.1. The van der Waals surface area contributed by atoms with E-state index in [9.17, 15) is 27.9 Å². The molecular weight excluding hydrogens is 379 g/mol. The number of hydrogen-bond acceptors (Lipinski definition) is 3. The predicted octanol–water partition coefficient (Wildman–Crippen LogP) is 5.10. The van der Waals surface area contributed by atoms with Crippen LogP contribution in [0.15, 0.2) is 53.9 Å². The van der Waals surface area contributed by atoms with Gasteiger partial charge in [0.2, 0.25) is 5.78 Å². The first-order chi connectivity index (χ1) is 12.8. The van der Waals surface area contributed by atoms with Crippen LogP contribution in [0.25, 0.3) is 16.4 Å². The van der Waals surface area contributed by atoms with Crippen molar-refractivity contribution in [1.82, 2.24) is 4.40 Å². The standard InChI is InChI=1S/C19H10F3NO3S/c20-19(21,22)17-15(18(25)26)14(16(24)13-6-3-9-27-13)12-8-7-10-4-1-2-5-11(10)23(12)17/h1-9H,(H,25,26). The van der Waals surface area contributed by atoms with Gasteiger partial charge < -0.3 is 9.51 Å². The number of aromatic carboxylic acids is 1. The summed E-state index contributed by atoms with van der Waals surface area (Å²) < 4.78 is 42.5. The summed E-state index contributed by atoms with van der Waals surface area (Å²) in [5.74, 6) is -2.54. The van der Waals surface area contributed by atoms with Gasteiger partial charge in [-0.2, -0.15) is 13.2 Å². The number of ketones is 1. The number of halogens is 3. The Morgan fingerprint density at radius 1 is 0.926 bits per heavy atom. The molecule has 0 atom stereocenters. The maximum Gasteiger partial charge on any atom is 0.432 e. The molecule has 4 rings (SSSR count). The van der Waals surface area contributed by atoms with Gasteiger partial charge in [0.25, 0.3) is 0 Å². The molecule has 4 aromatic rings. The number of rotatable bonds is 3. The van der Waals surface area contributed by atoms with Crippen molar-refractivity contribution >= 4 is 39.5 Å². The lowest BCUT2D eigenvalue weighted by Crippen LogP contribution is -2.16. The van der Waals surface area contributed by atoms with Crippen molar-refractivity contribution in [2.45, 2.75) is 6.18 Å². The van der Waals surface area contributed by atoms with E-state index in [0.29, 0.717) is 5.39 Å². The SMILES string of the molecule is O=C(O)c1c(C(=O)c2cccs2)c2ccc3ccccc3n2c1C(F)(F)F. The third kappa shape index (κ3) is 2.60. The first-order valence-corrected chi connectivity index (χ1v) is 8.63. The molecule has 1 aromatic carbocycles. The second kappa shape index (κ2) is 5.95. The molecular formula is C19H10F3NO3S. The van der Waals surface area contributed by atoms with Gasteiger partial charge in [-0.3, -0.25) is 4.79 Å². The Morgan fingerprint density at radius 2 is 1.67 bits per heavy atom. The molecule has 4 nitrogen and oxygen atoms in total. The van der Waals surface area contributed by atoms with Crippen molar-refractivity contribution in [2.24, 2.45) is 0 Å². The number of pyridine rings is 1. The van der Waals surface area contributed by atoms with Crippen LogP contribution < -0.4 is 0 Å². The topological polar surface area (TPSA) is 58.8 Å². The fraction of sp³-hybridized carbons (Fsp3) is 0.0526. The van der Waals surface area contributed by atoms with E-state index >= 15 is 0 Å². The van der Waals surface area contributed by atoms with E-state index in [1.807, 2.05) is 0 Å². The fourth-order valence-electron chi connectivity index (χ4n) is 3.24. The van der Waals surface area contributed by atoms with Crippen molar-refractivity contribution in [3.05, 3.63) is 75.6 Å². The number of benzene rings is 1. The predicted molar refractivity (Wildman–Crippen MR) is 94.6 cm³/mol. The smallest absolute Gasteiger partial charge is 0.432 e. The van der Waals surface area contributed by atoms with E-state index in [1.54, 1.807) is 35.7 Å². The molecule has 1 N–H and O–H groups in total. The van der Waals surface area contributed by atoms with E-state index in [-0.39, 0.29) is 15.9 Å². The average molecular weight is 389 g/mol. The number of para-hydroxylation sites is 1. The Bertz CT molecular complexity index is 1210. The van der Waals surface area contributed by atoms with Crippen LogP contribution in [0.3, 0.4) is 0 Å². The Kier molecular flexibility index (Phi) is 3.81. The molecule has 0 amide bonds. The van der Waals surface area contributed by atoms with E-state index in [2.05, 4.69) is 0 Å². The van der Waals surface area contributed by atoms with Gasteiger partial charge in [-0.25, -0.2) is 4.79 Å². The summed E-state index contributed by atoms with van der Waals surface area (Å²) in [5.41, 5.74) is -2.76. The highest BCUT2D eigenvalue weighted by Crippen LogP contribution is 2.39. The minimum absolute atomic E-state index is 0.0863. The Labute approximate surface area is 154 Å². The highest BCUT2D eigenvalue weighted by molar-refractivity contribution is 7.12. The first kappa shape index (κ1) is 17.3. The molecule has 8 heteroatoms. The minimum Gasteiger partial charge on any atom is -0.478 e. The van der Waals surface area contributed by atoms with Crippen LogP contribution in [-0.4, -0.2) is 21.3 Å². The van der Waals surface area contributed by atoms with Crippen LogP contribution in [0, 0.1) is 0 Å². The van der Waals surface area contributed by atoms with Crippen molar-refractivity contribution in [1.29, 1.82) is 0 Å². The summed E-state index contributed by atoms with van der Waals surface area (Å²) in [6.07, 6.45) is -4.96. The number of thiophene rings is 1. The molecule has 0 bridgehead atoms. The summed E-state index contributed by atoms with van der Waals surface area (Å²) in [6.45, 7) is 0. The Morgan fingerprint density at radius 3 is 2.30 bits per heavy atom. The van der Waals surface area contributed by atoms with Gasteiger partial charge in [0.1, 0.15) is 11.3 Å². The van der Waals surface area contributed by atoms with E-state index in [1.165, 1.54) is 18.2 Å². The molecule has 0 radical (unpaired) electrons. The number of carbonyl (C=O) groups is 2. The number of carboxylic acid groups (broad SMARTS) is 1. The summed E-state index contributed by atoms with van der Waals surface area (Å²) in [5, 5.41) is 11.7. The van der Waals surface area contributed by atoms with Gasteiger partial charge in [0.05, 0.1) is 21.5 Å². The van der Waals surface area contributed by atoms with Crippen LogP contribution in [0.1, 0.15) is 31.3 Å². The van der Waals surface area contributed by atoms with Gasteiger partial charge in [0.15, 0.2) is 0 Å². The largest absolute Gasteiger partial charge is 0.478 e. The average Bonchev–Trinajstić information content (AvgIpc) is 3.26. The van der Waals surface area contributed by atoms with Gasteiger partial charge in [-0.05, 0) is 29.0 Å². The molecule has 0 saturated heterocycles. The summed E-state index contributed by atoms with van der Waals surface area (Å²) >= 11 is 1.04. The van der Waals surface area contributed by atoms with Gasteiger partial charge >= 0.3 is 12.1 Å². The molecule has 27 heavy (non-hydrogen) atoms. The number of fused-ring (bicyclic) bond motifs is 3. The number of alkyl halides is 3. The van der Waals surface area contributed by atoms with Gasteiger partial charge in [-0.1, -0.05) is 30.3 Å². The molecule has 0 aliphatic heterocycles. The molecule has 0 unspecified atom stereocenters. The molecule has 0 saturated carbocycles. The Hall–Kier alpha value is -3.13. The van der Waals surface area contributed by atoms with Crippen molar-refractivity contribution in [2.75, 3.05) is 0 Å². The van der Waals surface area contributed by atoms with Crippen LogP contribution in [0.5, 0.6) is 0 Å². The third-order valence-corrected chi connectivity index (χ3v) is 5.13. The molecule has 0 spiro atoms. The van der Waals surface area contributed by atoms with E-state index in [4.69, 9.17) is 0 Å². The lowest BCUT2D eigenvalue weighted by atomic mass is 10.0. The van der Waals surface area contributed by atoms with Crippen LogP contribution >= 0.6 is 11.3 Å². The summed E-state index contributed by atoms with van der Waals surface area (Å²) in [6, 6.07) is 12.3. The molecule has 3 heterocycles. The van der Waals surface area contributed by atoms with E-state index in [0.717, 1.165) is 15.7 Å². The quantitative estimate of drug-likeness (QED) is 0.496. The number of nitrogens with zero attached hydrogens (tertiary/aromatic N) is 1. The normalized spacial score (nSPS) is 12.0. The molecule has 0 fully saturated rings. The maximum atomic E-state index is 13.9. The number of carboxylic acids is 1. The Balaban J connectivity index is 2.24. The molecule has 0 aliphatic rings. The highest BCUT2D eigenvalue weighted by Gasteiger charge is 2.43. The number of hydrogen-bond donors (Lipinski definition) is 1. The lowest BCUT2D eigenvalue weighted by molar-refractivity contribution is -0.142. The fourth-order valence-corrected chi connectivity index (χ4v) is 3.91. The monoisotopic (exact) mass is 389 g/mol. The lowest BCUT2D eigenvalue weighted by Gasteiger charge is -2.11. The zero-order valence-electron chi connectivity index (χ0n) is 13.4. The second-order valence-electron chi connectivity index (χ2n) is 5.82. The van der Waals surface area contributed by atoms with E-state index < -0.39 is 34.7 Å². The second-order valence-corrected chi connectivity index (χ2v) is 6.77. The van der Waals surface area contributed by atoms with Crippen molar-refractivity contribution in [3.63, 3.8) is 0 Å². The van der Waals surface area contributed by atoms with Crippen molar-refractivity contribution < 1.29 is 27.9 Å². The van der Waals surface area contributed by atoms with Crippen LogP contribution in [0.4, 0.5) is 13.2 Å². The summed E-state index contributed by atoms with van der Waals surface area (Å²) in [7, 11) is 0. The van der Waals surface area contributed by atoms with Crippen molar-refractivity contribution in [3.8, 4) is 0 Å².